The Morgan fingerprint density at radius 2 is 1.92 bits per heavy atom. The van der Waals surface area contributed by atoms with E-state index in [-0.39, 0.29) is 0 Å². The maximum Gasteiger partial charge on any atom is 0.540 e. The molecule has 0 radical (unpaired) electrons. The van der Waals surface area contributed by atoms with E-state index in [0.29, 0.717) is 6.61 Å². The average Bonchev–Trinajstić information content (AvgIpc) is 1.95. The standard InChI is InChI=1S/C8H16O4/c1-5-6-10-7(9)11-12-8(2,3)4/h5-6H2,1-4H3. The summed E-state index contributed by atoms with van der Waals surface area (Å²) in [5, 5.41) is 0. The van der Waals surface area contributed by atoms with E-state index in [2.05, 4.69) is 9.62 Å². The summed E-state index contributed by atoms with van der Waals surface area (Å²) in [7, 11) is 0. The Morgan fingerprint density at radius 3 is 2.33 bits per heavy atom. The molecule has 0 spiro atoms. The second kappa shape index (κ2) is 4.98. The van der Waals surface area contributed by atoms with Crippen LogP contribution in [0.5, 0.6) is 0 Å². The molecule has 4 heteroatoms. The molecule has 0 amide bonds. The zero-order valence-corrected chi connectivity index (χ0v) is 8.05. The molecular weight excluding hydrogens is 160 g/mol. The van der Waals surface area contributed by atoms with Crippen LogP contribution in [-0.2, 0) is 14.5 Å². The summed E-state index contributed by atoms with van der Waals surface area (Å²) in [6, 6.07) is 0. The van der Waals surface area contributed by atoms with E-state index in [4.69, 9.17) is 4.89 Å². The lowest BCUT2D eigenvalue weighted by atomic mass is 10.2. The molecule has 4 nitrogen and oxygen atoms in total. The van der Waals surface area contributed by atoms with Crippen molar-refractivity contribution in [3.05, 3.63) is 0 Å². The van der Waals surface area contributed by atoms with Crippen LogP contribution in [0.2, 0.25) is 0 Å². The Bertz CT molecular complexity index is 136. The topological polar surface area (TPSA) is 44.8 Å². The van der Waals surface area contributed by atoms with Crippen LogP contribution in [0, 0.1) is 0 Å². The fourth-order valence-corrected chi connectivity index (χ4v) is 0.368. The molecule has 0 aromatic rings. The Labute approximate surface area is 72.7 Å². The smallest absolute Gasteiger partial charge is 0.432 e. The second-order valence-electron chi connectivity index (χ2n) is 3.38. The molecule has 12 heavy (non-hydrogen) atoms. The Balaban J connectivity index is 3.44. The monoisotopic (exact) mass is 176 g/mol. The first-order valence-electron chi connectivity index (χ1n) is 3.98. The molecule has 0 bridgehead atoms. The minimum atomic E-state index is -0.785. The van der Waals surface area contributed by atoms with Crippen molar-refractivity contribution < 1.29 is 19.3 Å². The van der Waals surface area contributed by atoms with Gasteiger partial charge < -0.3 is 4.74 Å². The maximum atomic E-state index is 10.7. The van der Waals surface area contributed by atoms with Crippen molar-refractivity contribution in [1.82, 2.24) is 0 Å². The van der Waals surface area contributed by atoms with Gasteiger partial charge in [0.25, 0.3) is 0 Å². The van der Waals surface area contributed by atoms with Crippen LogP contribution in [0.15, 0.2) is 0 Å². The van der Waals surface area contributed by atoms with Gasteiger partial charge in [-0.2, -0.15) is 4.89 Å². The van der Waals surface area contributed by atoms with Gasteiger partial charge in [0, 0.05) is 0 Å². The molecule has 0 aliphatic carbocycles. The van der Waals surface area contributed by atoms with E-state index < -0.39 is 11.8 Å². The van der Waals surface area contributed by atoms with Crippen molar-refractivity contribution in [2.24, 2.45) is 0 Å². The molecule has 0 aliphatic rings. The van der Waals surface area contributed by atoms with Gasteiger partial charge in [0.05, 0.1) is 6.61 Å². The second-order valence-corrected chi connectivity index (χ2v) is 3.38. The van der Waals surface area contributed by atoms with Crippen molar-refractivity contribution in [2.45, 2.75) is 39.7 Å². The molecule has 0 unspecified atom stereocenters. The predicted molar refractivity (Wildman–Crippen MR) is 43.6 cm³/mol. The summed E-state index contributed by atoms with van der Waals surface area (Å²) in [5.74, 6) is 0. The highest BCUT2D eigenvalue weighted by Gasteiger charge is 2.15. The Kier molecular flexibility index (Phi) is 4.66. The molecule has 0 heterocycles. The summed E-state index contributed by atoms with van der Waals surface area (Å²) in [5.41, 5.74) is -0.495. The number of carbonyl (C=O) groups excluding carboxylic acids is 1. The molecule has 0 aliphatic heterocycles. The Hall–Kier alpha value is -0.770. The molecule has 0 aromatic heterocycles. The van der Waals surface area contributed by atoms with Gasteiger partial charge in [-0.15, -0.1) is 0 Å². The highest BCUT2D eigenvalue weighted by molar-refractivity contribution is 5.58. The van der Waals surface area contributed by atoms with Gasteiger partial charge in [0.1, 0.15) is 5.60 Å². The highest BCUT2D eigenvalue weighted by atomic mass is 17.2. The zero-order valence-electron chi connectivity index (χ0n) is 8.05. The van der Waals surface area contributed by atoms with Crippen LogP contribution < -0.4 is 0 Å². The highest BCUT2D eigenvalue weighted by Crippen LogP contribution is 2.07. The molecule has 0 fully saturated rings. The summed E-state index contributed by atoms with van der Waals surface area (Å²) >= 11 is 0. The Morgan fingerprint density at radius 1 is 1.33 bits per heavy atom. The molecule has 0 saturated heterocycles. The lowest BCUT2D eigenvalue weighted by molar-refractivity contribution is -0.312. The van der Waals surface area contributed by atoms with E-state index >= 15 is 0 Å². The first-order valence-corrected chi connectivity index (χ1v) is 3.98. The minimum Gasteiger partial charge on any atom is -0.432 e. The van der Waals surface area contributed by atoms with Crippen LogP contribution >= 0.6 is 0 Å². The zero-order chi connectivity index (χ0) is 9.61. The molecular formula is C8H16O4. The fourth-order valence-electron chi connectivity index (χ4n) is 0.368. The maximum absolute atomic E-state index is 10.7. The third-order valence-electron chi connectivity index (χ3n) is 0.784. The first kappa shape index (κ1) is 11.2. The normalized spacial score (nSPS) is 11.0. The van der Waals surface area contributed by atoms with Gasteiger partial charge in [-0.05, 0) is 27.2 Å². The van der Waals surface area contributed by atoms with Gasteiger partial charge in [-0.3, -0.25) is 4.89 Å². The summed E-state index contributed by atoms with van der Waals surface area (Å²) in [4.78, 5) is 19.7. The summed E-state index contributed by atoms with van der Waals surface area (Å²) in [6.07, 6.45) is -0.0169. The van der Waals surface area contributed by atoms with E-state index in [1.807, 2.05) is 6.92 Å². The molecule has 0 aromatic carbocycles. The lowest BCUT2D eigenvalue weighted by Gasteiger charge is -2.15. The number of rotatable bonds is 3. The fraction of sp³-hybridized carbons (Fsp3) is 0.875. The van der Waals surface area contributed by atoms with E-state index in [1.165, 1.54) is 0 Å². The van der Waals surface area contributed by atoms with Gasteiger partial charge in [-0.25, -0.2) is 4.79 Å². The van der Waals surface area contributed by atoms with Crippen LogP contribution in [0.3, 0.4) is 0 Å². The molecule has 0 atom stereocenters. The SMILES string of the molecule is CCCOC(=O)OOC(C)(C)C. The molecule has 0 rings (SSSR count). The van der Waals surface area contributed by atoms with Crippen LogP contribution in [0.1, 0.15) is 34.1 Å². The van der Waals surface area contributed by atoms with Gasteiger partial charge in [0.15, 0.2) is 0 Å². The van der Waals surface area contributed by atoms with E-state index in [0.717, 1.165) is 6.42 Å². The van der Waals surface area contributed by atoms with Gasteiger partial charge in [0.2, 0.25) is 0 Å². The van der Waals surface area contributed by atoms with Crippen LogP contribution in [0.25, 0.3) is 0 Å². The first-order chi connectivity index (χ1) is 5.45. The third-order valence-corrected chi connectivity index (χ3v) is 0.784. The molecule has 72 valence electrons. The lowest BCUT2D eigenvalue weighted by Crippen LogP contribution is -2.22. The number of hydrogen-bond donors (Lipinski definition) is 0. The largest absolute Gasteiger partial charge is 0.540 e. The number of carbonyl (C=O) groups is 1. The number of hydrogen-bond acceptors (Lipinski definition) is 4. The summed E-state index contributed by atoms with van der Waals surface area (Å²) < 4.78 is 4.60. The quantitative estimate of drug-likeness (QED) is 0.376. The average molecular weight is 176 g/mol. The van der Waals surface area contributed by atoms with Crippen molar-refractivity contribution >= 4 is 6.16 Å². The van der Waals surface area contributed by atoms with Crippen molar-refractivity contribution in [2.75, 3.05) is 6.61 Å². The molecule has 0 saturated carbocycles. The van der Waals surface area contributed by atoms with Crippen molar-refractivity contribution in [3.8, 4) is 0 Å². The predicted octanol–water partition coefficient (Wildman–Crippen LogP) is 2.28. The third kappa shape index (κ3) is 7.34. The van der Waals surface area contributed by atoms with E-state index in [9.17, 15) is 4.79 Å². The van der Waals surface area contributed by atoms with Crippen molar-refractivity contribution in [1.29, 1.82) is 0 Å². The van der Waals surface area contributed by atoms with Crippen LogP contribution in [-0.4, -0.2) is 18.4 Å². The molecule has 0 N–H and O–H groups in total. The van der Waals surface area contributed by atoms with Crippen LogP contribution in [0.4, 0.5) is 4.79 Å². The number of ether oxygens (including phenoxy) is 1. The van der Waals surface area contributed by atoms with Gasteiger partial charge >= 0.3 is 6.16 Å². The van der Waals surface area contributed by atoms with Gasteiger partial charge in [-0.1, -0.05) is 6.92 Å². The summed E-state index contributed by atoms with van der Waals surface area (Å²) in [6.45, 7) is 7.59. The minimum absolute atomic E-state index is 0.354. The van der Waals surface area contributed by atoms with E-state index in [1.54, 1.807) is 20.8 Å². The van der Waals surface area contributed by atoms with Crippen molar-refractivity contribution in [3.63, 3.8) is 0 Å².